The van der Waals surface area contributed by atoms with Crippen molar-refractivity contribution in [2.45, 2.75) is 66.3 Å². The standard InChI is InChI=1S/C31H39BrN6O3/c1-19(8-11-38-18-37(5)28-26(38)27(33)35-17-36-28)6-9-30(3)20(2)7-10-31(4)21(12-23(39)14-25(30)31)16-41-29(40)24-13-22(32)15-34-24/h8,12-13,15,17-18,20,25H,6-7,9-11,14,16H2,1-5H3,(H2-,33,34,35,36,40)/b19-8+/t20-,25-,30+,31-/m0/s1. The van der Waals surface area contributed by atoms with Crippen molar-refractivity contribution in [3.05, 3.63) is 58.2 Å². The molecule has 0 amide bonds. The summed E-state index contributed by atoms with van der Waals surface area (Å²) in [5.74, 6) is 0.763. The van der Waals surface area contributed by atoms with Gasteiger partial charge in [-0.3, -0.25) is 14.4 Å². The fourth-order valence-electron chi connectivity index (χ4n) is 7.04. The topological polar surface area (TPSA) is 122 Å². The maximum atomic E-state index is 13.0. The minimum atomic E-state index is -0.472. The van der Waals surface area contributed by atoms with E-state index in [-0.39, 0.29) is 34.8 Å². The molecule has 1 aliphatic heterocycles. The predicted octanol–water partition coefficient (Wildman–Crippen LogP) is 4.43. The number of ether oxygens (including phenoxy) is 1. The lowest BCUT2D eigenvalue weighted by Crippen LogP contribution is -2.51. The van der Waals surface area contributed by atoms with Crippen molar-refractivity contribution in [1.82, 2.24) is 14.5 Å². The third-order valence-corrected chi connectivity index (χ3v) is 10.3. The third kappa shape index (κ3) is 5.50. The van der Waals surface area contributed by atoms with Gasteiger partial charge in [0.05, 0.1) is 25.2 Å². The molecule has 41 heavy (non-hydrogen) atoms. The number of aliphatic imine (C=N–C) groups is 1. The van der Waals surface area contributed by atoms with Crippen LogP contribution in [0, 0.1) is 22.7 Å². The second kappa shape index (κ2) is 11.2. The van der Waals surface area contributed by atoms with Gasteiger partial charge in [0.2, 0.25) is 5.52 Å². The highest BCUT2D eigenvalue weighted by molar-refractivity contribution is 9.12. The summed E-state index contributed by atoms with van der Waals surface area (Å²) in [6.07, 6.45) is 15.2. The molecule has 4 atom stereocenters. The number of ketones is 1. The zero-order valence-corrected chi connectivity index (χ0v) is 26.1. The first-order valence-electron chi connectivity index (χ1n) is 14.2. The van der Waals surface area contributed by atoms with Crippen LogP contribution < -0.4 is 15.4 Å². The van der Waals surface area contributed by atoms with Crippen LogP contribution in [0.4, 0.5) is 5.82 Å². The largest absolute Gasteiger partial charge is 0.607 e. The van der Waals surface area contributed by atoms with Gasteiger partial charge in [0.25, 0.3) is 0 Å². The van der Waals surface area contributed by atoms with Crippen molar-refractivity contribution in [1.29, 1.82) is 0 Å². The van der Waals surface area contributed by atoms with Gasteiger partial charge in [0.1, 0.15) is 0 Å². The number of anilines is 1. The minimum Gasteiger partial charge on any atom is -0.607 e. The number of imidazole rings is 1. The summed E-state index contributed by atoms with van der Waals surface area (Å²) in [6, 6.07) is 0. The van der Waals surface area contributed by atoms with Crippen LogP contribution in [0.2, 0.25) is 0 Å². The van der Waals surface area contributed by atoms with Crippen LogP contribution in [0.5, 0.6) is 0 Å². The van der Waals surface area contributed by atoms with Crippen LogP contribution >= 0.6 is 15.9 Å². The number of hydrogen-bond acceptors (Lipinski definition) is 7. The molecule has 5 rings (SSSR count). The van der Waals surface area contributed by atoms with Gasteiger partial charge in [-0.2, -0.15) is 4.98 Å². The molecule has 2 aromatic rings. The van der Waals surface area contributed by atoms with E-state index in [1.54, 1.807) is 18.4 Å². The van der Waals surface area contributed by atoms with Crippen molar-refractivity contribution in [3.8, 4) is 0 Å². The molecular formula is C31H39BrN6O3. The van der Waals surface area contributed by atoms with E-state index in [2.05, 4.69) is 69.2 Å². The van der Waals surface area contributed by atoms with Gasteiger partial charge in [0, 0.05) is 23.7 Å². The van der Waals surface area contributed by atoms with Gasteiger partial charge in [-0.25, -0.2) is 4.57 Å². The lowest BCUT2D eigenvalue weighted by Gasteiger charge is -2.58. The van der Waals surface area contributed by atoms with E-state index in [0.29, 0.717) is 24.7 Å². The van der Waals surface area contributed by atoms with Crippen LogP contribution in [0.3, 0.4) is 0 Å². The quantitative estimate of drug-likeness (QED) is 0.264. The molecule has 218 valence electrons. The van der Waals surface area contributed by atoms with Crippen molar-refractivity contribution >= 4 is 44.9 Å². The molecule has 0 unspecified atom stereocenters. The third-order valence-electron chi connectivity index (χ3n) is 9.89. The van der Waals surface area contributed by atoms with Gasteiger partial charge in [-0.15, -0.1) is 0 Å². The first-order chi connectivity index (χ1) is 19.4. The zero-order chi connectivity index (χ0) is 29.5. The van der Waals surface area contributed by atoms with Crippen LogP contribution in [-0.4, -0.2) is 33.1 Å². The number of rotatable bonds is 8. The molecule has 1 saturated carbocycles. The minimum absolute atomic E-state index is 0.0375. The number of aromatic nitrogens is 4. The molecule has 3 aliphatic rings. The van der Waals surface area contributed by atoms with Gasteiger partial charge in [0.15, 0.2) is 24.3 Å². The van der Waals surface area contributed by atoms with Crippen LogP contribution in [0.1, 0.15) is 59.8 Å². The highest BCUT2D eigenvalue weighted by Gasteiger charge is 2.54. The molecule has 9 nitrogen and oxygen atoms in total. The number of allylic oxidation sites excluding steroid dienone is 5. The Kier molecular flexibility index (Phi) is 7.98. The number of carbonyl (C=O) groups excluding carboxylic acids is 1. The molecule has 0 radical (unpaired) electrons. The maximum absolute atomic E-state index is 13.0. The Hall–Kier alpha value is -3.27. The summed E-state index contributed by atoms with van der Waals surface area (Å²) in [6.45, 7) is 9.92. The maximum Gasteiger partial charge on any atom is 0.307 e. The highest BCUT2D eigenvalue weighted by Crippen LogP contribution is 2.61. The number of carbonyl (C=O) groups is 1. The summed E-state index contributed by atoms with van der Waals surface area (Å²) < 4.78 is 10.5. The average Bonchev–Trinajstić information content (AvgIpc) is 3.52. The second-order valence-corrected chi connectivity index (χ2v) is 13.3. The fraction of sp³-hybridized carbons (Fsp3) is 0.516. The molecule has 2 aliphatic carbocycles. The normalized spacial score (nSPS) is 29.4. The number of halogens is 1. The van der Waals surface area contributed by atoms with E-state index in [4.69, 9.17) is 10.5 Å². The zero-order valence-electron chi connectivity index (χ0n) is 24.5. The van der Waals surface area contributed by atoms with E-state index >= 15 is 0 Å². The van der Waals surface area contributed by atoms with E-state index in [1.807, 2.05) is 17.9 Å². The molecule has 1 fully saturated rings. The first-order valence-corrected chi connectivity index (χ1v) is 15.0. The Bertz CT molecular complexity index is 1540. The number of aryl methyl sites for hydroxylation is 1. The van der Waals surface area contributed by atoms with Crippen molar-refractivity contribution < 1.29 is 19.2 Å². The van der Waals surface area contributed by atoms with Crippen molar-refractivity contribution in [2.24, 2.45) is 34.7 Å². The Morgan fingerprint density at radius 3 is 2.85 bits per heavy atom. The van der Waals surface area contributed by atoms with Gasteiger partial charge >= 0.3 is 5.65 Å². The number of fused-ring (bicyclic) bond motifs is 2. The Labute approximate surface area is 249 Å². The first kappa shape index (κ1) is 29.2. The average molecular weight is 624 g/mol. The van der Waals surface area contributed by atoms with Gasteiger partial charge in [-0.05, 0) is 83.4 Å². The summed E-state index contributed by atoms with van der Waals surface area (Å²) in [4.78, 5) is 25.7. The number of hydrogen-bond donors (Lipinski definition) is 1. The molecule has 0 bridgehead atoms. The molecule has 3 heterocycles. The highest BCUT2D eigenvalue weighted by atomic mass is 79.9. The number of nitrogens with zero attached hydrogens (tertiary/aromatic N) is 5. The van der Waals surface area contributed by atoms with E-state index in [0.717, 1.165) is 46.9 Å². The van der Waals surface area contributed by atoms with Crippen LogP contribution in [0.25, 0.3) is 11.2 Å². The fourth-order valence-corrected chi connectivity index (χ4v) is 7.36. The van der Waals surface area contributed by atoms with Crippen molar-refractivity contribution in [3.63, 3.8) is 0 Å². The van der Waals surface area contributed by atoms with Crippen molar-refractivity contribution in [2.75, 3.05) is 12.3 Å². The molecule has 2 N–H and O–H groups in total. The van der Waals surface area contributed by atoms with E-state index in [1.165, 1.54) is 11.9 Å². The monoisotopic (exact) mass is 622 g/mol. The van der Waals surface area contributed by atoms with Gasteiger partial charge < -0.3 is 15.6 Å². The lowest BCUT2D eigenvalue weighted by molar-refractivity contribution is -0.647. The molecule has 0 aromatic carbocycles. The summed E-state index contributed by atoms with van der Waals surface area (Å²) in [5, 5.41) is 12.6. The molecule has 0 saturated heterocycles. The number of nitrogen functional groups attached to an aromatic ring is 1. The second-order valence-electron chi connectivity index (χ2n) is 12.4. The molecule has 2 aromatic heterocycles. The number of nitrogens with two attached hydrogens (primary N) is 1. The lowest BCUT2D eigenvalue weighted by atomic mass is 9.46. The Balaban J connectivity index is 1.31. The SMILES string of the molecule is C/C(=C\Cn1c[n+](C)c2ncnc(N)c21)CC[C@]1(C)[C@@H](C)CC[C@@]2(C)C(CO/C([O-])=C3\C=C(Br)C=N3)=CC(=O)C[C@@H]12. The van der Waals surface area contributed by atoms with E-state index in [9.17, 15) is 9.90 Å². The molecule has 0 spiro atoms. The summed E-state index contributed by atoms with van der Waals surface area (Å²) in [7, 11) is 1.96. The van der Waals surface area contributed by atoms with E-state index < -0.39 is 5.95 Å². The molecule has 10 heteroatoms. The smallest absolute Gasteiger partial charge is 0.307 e. The summed E-state index contributed by atoms with van der Waals surface area (Å²) >= 11 is 3.33. The van der Waals surface area contributed by atoms with Gasteiger partial charge in [-0.1, -0.05) is 43.0 Å². The summed E-state index contributed by atoms with van der Waals surface area (Å²) in [5.41, 5.74) is 10.1. The molecular weight excluding hydrogens is 584 g/mol. The predicted molar refractivity (Wildman–Crippen MR) is 160 cm³/mol. The van der Waals surface area contributed by atoms with Crippen LogP contribution in [-0.2, 0) is 23.1 Å². The van der Waals surface area contributed by atoms with Crippen LogP contribution in [0.15, 0.2) is 63.1 Å². The Morgan fingerprint density at radius 2 is 2.12 bits per heavy atom. The Morgan fingerprint density at radius 1 is 1.34 bits per heavy atom.